The molecule has 1 saturated carbocycles. The van der Waals surface area contributed by atoms with E-state index in [4.69, 9.17) is 0 Å². The van der Waals surface area contributed by atoms with Gasteiger partial charge in [-0.05, 0) is 36.1 Å². The van der Waals surface area contributed by atoms with Crippen LogP contribution in [0.2, 0.25) is 0 Å². The molecule has 1 aliphatic heterocycles. The summed E-state index contributed by atoms with van der Waals surface area (Å²) in [5.74, 6) is 1.40. The summed E-state index contributed by atoms with van der Waals surface area (Å²) in [6.07, 6.45) is 3.14. The van der Waals surface area contributed by atoms with E-state index in [1.807, 2.05) is 12.1 Å². The highest BCUT2D eigenvalue weighted by Gasteiger charge is 2.55. The second kappa shape index (κ2) is 7.04. The number of piperidine rings is 1. The zero-order valence-electron chi connectivity index (χ0n) is 16.0. The Morgan fingerprint density at radius 3 is 2.66 bits per heavy atom. The Balaban J connectivity index is 1.16. The molecule has 2 N–H and O–H groups in total. The molecule has 2 aliphatic rings. The van der Waals surface area contributed by atoms with E-state index < -0.39 is 0 Å². The predicted molar refractivity (Wildman–Crippen MR) is 107 cm³/mol. The molecule has 1 aliphatic carbocycles. The van der Waals surface area contributed by atoms with Crippen LogP contribution in [0.5, 0.6) is 0 Å². The number of hydrogen-bond donors (Lipinski definition) is 2. The Hall–Kier alpha value is -3.13. The molecule has 148 valence electrons. The number of amides is 1. The summed E-state index contributed by atoms with van der Waals surface area (Å²) in [5, 5.41) is 6.98. The molecule has 3 atom stereocenters. The minimum atomic E-state index is -0.243. The maximum atomic E-state index is 13.3. The van der Waals surface area contributed by atoms with Gasteiger partial charge in [0.25, 0.3) is 5.91 Å². The van der Waals surface area contributed by atoms with Gasteiger partial charge in [0.05, 0.1) is 16.8 Å². The van der Waals surface area contributed by atoms with Crippen molar-refractivity contribution >= 4 is 22.8 Å². The zero-order valence-corrected chi connectivity index (χ0v) is 16.0. The van der Waals surface area contributed by atoms with Crippen molar-refractivity contribution in [1.82, 2.24) is 25.6 Å². The first-order valence-corrected chi connectivity index (χ1v) is 9.70. The molecule has 2 aromatic heterocycles. The Morgan fingerprint density at radius 2 is 1.93 bits per heavy atom. The Bertz CT molecular complexity index is 1060. The lowest BCUT2D eigenvalue weighted by molar-refractivity contribution is 0.0962. The SMILES string of the molecule is CNC(=O)c1cnc(N2C[C@@H]3C(NCc4ccc5cc(F)ccc5n4)[C@@H]3C2)nc1. The molecule has 1 unspecified atom stereocenters. The van der Waals surface area contributed by atoms with Gasteiger partial charge in [0.15, 0.2) is 0 Å². The highest BCUT2D eigenvalue weighted by atomic mass is 19.1. The van der Waals surface area contributed by atoms with E-state index in [9.17, 15) is 9.18 Å². The van der Waals surface area contributed by atoms with E-state index in [0.29, 0.717) is 35.9 Å². The van der Waals surface area contributed by atoms with Crippen LogP contribution < -0.4 is 15.5 Å². The molecule has 3 heterocycles. The van der Waals surface area contributed by atoms with Gasteiger partial charge in [-0.1, -0.05) is 6.07 Å². The van der Waals surface area contributed by atoms with E-state index in [0.717, 1.165) is 29.7 Å². The minimum Gasteiger partial charge on any atom is -0.355 e. The first-order chi connectivity index (χ1) is 14.1. The number of rotatable bonds is 5. The summed E-state index contributed by atoms with van der Waals surface area (Å²) < 4.78 is 13.3. The maximum Gasteiger partial charge on any atom is 0.254 e. The van der Waals surface area contributed by atoms with Gasteiger partial charge in [0.1, 0.15) is 5.82 Å². The maximum absolute atomic E-state index is 13.3. The smallest absolute Gasteiger partial charge is 0.254 e. The van der Waals surface area contributed by atoms with Gasteiger partial charge in [-0.25, -0.2) is 14.4 Å². The molecular formula is C21H21FN6O. The van der Waals surface area contributed by atoms with E-state index >= 15 is 0 Å². The van der Waals surface area contributed by atoms with Crippen molar-refractivity contribution < 1.29 is 9.18 Å². The molecule has 3 aromatic rings. The molecule has 2 fully saturated rings. The number of aromatic nitrogens is 3. The number of fused-ring (bicyclic) bond motifs is 2. The van der Waals surface area contributed by atoms with Crippen molar-refractivity contribution in [2.75, 3.05) is 25.0 Å². The van der Waals surface area contributed by atoms with E-state index in [-0.39, 0.29) is 11.7 Å². The largest absolute Gasteiger partial charge is 0.355 e. The first kappa shape index (κ1) is 17.9. The van der Waals surface area contributed by atoms with Crippen molar-refractivity contribution in [2.24, 2.45) is 11.8 Å². The molecular weight excluding hydrogens is 371 g/mol. The lowest BCUT2D eigenvalue weighted by Gasteiger charge is -2.20. The monoisotopic (exact) mass is 392 g/mol. The van der Waals surface area contributed by atoms with Crippen molar-refractivity contribution in [3.05, 3.63) is 59.8 Å². The van der Waals surface area contributed by atoms with E-state index in [1.165, 1.54) is 12.1 Å². The summed E-state index contributed by atoms with van der Waals surface area (Å²) in [4.78, 5) is 27.0. The summed E-state index contributed by atoms with van der Waals surface area (Å²) in [6.45, 7) is 2.51. The summed E-state index contributed by atoms with van der Waals surface area (Å²) in [6, 6.07) is 8.99. The predicted octanol–water partition coefficient (Wildman–Crippen LogP) is 1.75. The number of nitrogens with one attached hydrogen (secondary N) is 2. The molecule has 0 spiro atoms. The summed E-state index contributed by atoms with van der Waals surface area (Å²) in [5.41, 5.74) is 2.23. The molecule has 1 aromatic carbocycles. The fourth-order valence-corrected chi connectivity index (χ4v) is 4.20. The van der Waals surface area contributed by atoms with Crippen LogP contribution in [-0.4, -0.2) is 47.0 Å². The van der Waals surface area contributed by atoms with Crippen molar-refractivity contribution in [3.63, 3.8) is 0 Å². The third-order valence-corrected chi connectivity index (χ3v) is 5.83. The molecule has 29 heavy (non-hydrogen) atoms. The van der Waals surface area contributed by atoms with Gasteiger partial charge in [-0.3, -0.25) is 9.78 Å². The average molecular weight is 392 g/mol. The molecule has 0 radical (unpaired) electrons. The van der Waals surface area contributed by atoms with Gasteiger partial charge in [-0.15, -0.1) is 0 Å². The fraction of sp³-hybridized carbons (Fsp3) is 0.333. The van der Waals surface area contributed by atoms with Crippen molar-refractivity contribution in [1.29, 1.82) is 0 Å². The fourth-order valence-electron chi connectivity index (χ4n) is 4.20. The van der Waals surface area contributed by atoms with Crippen LogP contribution in [0.4, 0.5) is 10.3 Å². The Kier molecular flexibility index (Phi) is 4.35. The van der Waals surface area contributed by atoms with Crippen LogP contribution >= 0.6 is 0 Å². The molecule has 0 bridgehead atoms. The zero-order chi connectivity index (χ0) is 20.0. The second-order valence-electron chi connectivity index (χ2n) is 7.63. The number of halogens is 1. The number of nitrogens with zero attached hydrogens (tertiary/aromatic N) is 4. The minimum absolute atomic E-state index is 0.183. The number of anilines is 1. The van der Waals surface area contributed by atoms with E-state index in [2.05, 4.69) is 30.5 Å². The highest BCUT2D eigenvalue weighted by Crippen LogP contribution is 2.46. The third kappa shape index (κ3) is 3.40. The number of hydrogen-bond acceptors (Lipinski definition) is 6. The summed E-state index contributed by atoms with van der Waals surface area (Å²) in [7, 11) is 1.59. The quantitative estimate of drug-likeness (QED) is 0.688. The van der Waals surface area contributed by atoms with Gasteiger partial charge in [0, 0.05) is 50.5 Å². The number of carbonyl (C=O) groups is 1. The molecule has 1 saturated heterocycles. The van der Waals surface area contributed by atoms with Crippen LogP contribution in [-0.2, 0) is 6.54 Å². The molecule has 1 amide bonds. The molecule has 7 nitrogen and oxygen atoms in total. The van der Waals surface area contributed by atoms with E-state index in [1.54, 1.807) is 25.5 Å². The van der Waals surface area contributed by atoms with Crippen molar-refractivity contribution in [3.8, 4) is 0 Å². The normalized spacial score (nSPS) is 22.6. The topological polar surface area (TPSA) is 83.0 Å². The van der Waals surface area contributed by atoms with Gasteiger partial charge < -0.3 is 15.5 Å². The van der Waals surface area contributed by atoms with Crippen LogP contribution in [0.3, 0.4) is 0 Å². The number of benzene rings is 1. The van der Waals surface area contributed by atoms with Crippen LogP contribution in [0.1, 0.15) is 16.1 Å². The number of pyridine rings is 1. The highest BCUT2D eigenvalue weighted by molar-refractivity contribution is 5.93. The summed E-state index contributed by atoms with van der Waals surface area (Å²) >= 11 is 0. The number of carbonyl (C=O) groups excluding carboxylic acids is 1. The van der Waals surface area contributed by atoms with Crippen LogP contribution in [0, 0.1) is 17.7 Å². The average Bonchev–Trinajstić information content (AvgIpc) is 3.20. The second-order valence-corrected chi connectivity index (χ2v) is 7.63. The molecule has 5 rings (SSSR count). The molecule has 8 heteroatoms. The van der Waals surface area contributed by atoms with Crippen molar-refractivity contribution in [2.45, 2.75) is 12.6 Å². The van der Waals surface area contributed by atoms with Gasteiger partial charge in [-0.2, -0.15) is 0 Å². The van der Waals surface area contributed by atoms with Gasteiger partial charge in [0.2, 0.25) is 5.95 Å². The van der Waals surface area contributed by atoms with Crippen LogP contribution in [0.15, 0.2) is 42.7 Å². The Labute approximate surface area is 167 Å². The van der Waals surface area contributed by atoms with Crippen LogP contribution in [0.25, 0.3) is 10.9 Å². The lowest BCUT2D eigenvalue weighted by Crippen LogP contribution is -2.32. The lowest BCUT2D eigenvalue weighted by atomic mass is 10.2. The Morgan fingerprint density at radius 1 is 1.17 bits per heavy atom. The first-order valence-electron chi connectivity index (χ1n) is 9.70. The third-order valence-electron chi connectivity index (χ3n) is 5.83. The standard InChI is InChI=1S/C21H21FN6O/c1-23-20(29)13-7-25-21(26-8-13)28-10-16-17(11-28)19(16)24-9-15-4-2-12-6-14(22)3-5-18(12)27-15/h2-8,16-17,19,24H,9-11H2,1H3,(H,23,29)/t16-,17+,19?. The van der Waals surface area contributed by atoms with Gasteiger partial charge >= 0.3 is 0 Å².